The lowest BCUT2D eigenvalue weighted by Crippen LogP contribution is -2.41. The average molecular weight is 423 g/mol. The fourth-order valence-corrected chi connectivity index (χ4v) is 3.63. The van der Waals surface area contributed by atoms with E-state index in [0.717, 1.165) is 11.4 Å². The molecule has 2 amide bonds. The van der Waals surface area contributed by atoms with Crippen LogP contribution in [0.25, 0.3) is 0 Å². The highest BCUT2D eigenvalue weighted by Crippen LogP contribution is 2.21. The zero-order chi connectivity index (χ0) is 19.9. The zero-order valence-electron chi connectivity index (χ0n) is 14.9. The zero-order valence-corrected chi connectivity index (χ0v) is 16.5. The lowest BCUT2D eigenvalue weighted by Gasteiger charge is -2.27. The largest absolute Gasteiger partial charge is 0.383 e. The second-order valence-electron chi connectivity index (χ2n) is 6.10. The van der Waals surface area contributed by atoms with E-state index in [0.29, 0.717) is 22.4 Å². The van der Waals surface area contributed by atoms with Crippen molar-refractivity contribution in [1.82, 2.24) is 5.32 Å². The van der Waals surface area contributed by atoms with Crippen LogP contribution in [0, 0.1) is 4.91 Å². The van der Waals surface area contributed by atoms with Gasteiger partial charge in [0, 0.05) is 31.0 Å². The van der Waals surface area contributed by atoms with Gasteiger partial charge in [-0.25, -0.2) is 0 Å². The van der Waals surface area contributed by atoms with Gasteiger partial charge < -0.3 is 20.3 Å². The Morgan fingerprint density at radius 2 is 2.04 bits per heavy atom. The van der Waals surface area contributed by atoms with Crippen molar-refractivity contribution in [2.75, 3.05) is 43.1 Å². The molecule has 2 heterocycles. The molecule has 1 aromatic heterocycles. The predicted octanol–water partition coefficient (Wildman–Crippen LogP) is 2.74. The quantitative estimate of drug-likeness (QED) is 0.637. The number of rotatable bonds is 8. The maximum absolute atomic E-state index is 12.0. The number of nitroso groups, excluding NO2 is 1. The average Bonchev–Trinajstić information content (AvgIpc) is 3.15. The van der Waals surface area contributed by atoms with Crippen molar-refractivity contribution in [3.8, 4) is 0 Å². The Kier molecular flexibility index (Phi) is 6.96. The topological polar surface area (TPSA) is 100 Å². The minimum absolute atomic E-state index is 0.0695. The second-order valence-corrected chi connectivity index (χ2v) is 7.81. The molecule has 148 valence electrons. The molecule has 28 heavy (non-hydrogen) atoms. The third kappa shape index (κ3) is 5.28. The number of nitrogens with one attached hydrogen (secondary N) is 2. The summed E-state index contributed by atoms with van der Waals surface area (Å²) in [7, 11) is 0. The van der Waals surface area contributed by atoms with E-state index < -0.39 is 6.04 Å². The first kappa shape index (κ1) is 20.2. The highest BCUT2D eigenvalue weighted by molar-refractivity contribution is 7.17. The Labute approximate surface area is 170 Å². The van der Waals surface area contributed by atoms with Gasteiger partial charge in [-0.1, -0.05) is 16.8 Å². The van der Waals surface area contributed by atoms with Crippen LogP contribution in [-0.2, 0) is 9.53 Å². The van der Waals surface area contributed by atoms with Gasteiger partial charge in [-0.05, 0) is 36.4 Å². The number of benzene rings is 1. The summed E-state index contributed by atoms with van der Waals surface area (Å²) < 4.78 is 5.65. The first-order valence-electron chi connectivity index (χ1n) is 8.65. The molecule has 8 nitrogen and oxygen atoms in total. The number of nitrogens with zero attached hydrogens (tertiary/aromatic N) is 2. The van der Waals surface area contributed by atoms with Crippen LogP contribution in [0.4, 0.5) is 11.4 Å². The lowest BCUT2D eigenvalue weighted by atomic mass is 10.2. The van der Waals surface area contributed by atoms with E-state index in [4.69, 9.17) is 16.3 Å². The summed E-state index contributed by atoms with van der Waals surface area (Å²) in [4.78, 5) is 37.1. The summed E-state index contributed by atoms with van der Waals surface area (Å²) in [6, 6.07) is 9.96. The van der Waals surface area contributed by atoms with Crippen molar-refractivity contribution in [1.29, 1.82) is 0 Å². The number of ether oxygens (including phenoxy) is 1. The number of hydrogen-bond donors (Lipinski definition) is 2. The number of carbonyl (C=O) groups excluding carboxylic acids is 2. The van der Waals surface area contributed by atoms with Crippen molar-refractivity contribution in [2.24, 2.45) is 5.18 Å². The number of morpholine rings is 1. The lowest BCUT2D eigenvalue weighted by molar-refractivity contribution is -0.125. The summed E-state index contributed by atoms with van der Waals surface area (Å²) in [5, 5.41) is 8.85. The molecule has 0 radical (unpaired) electrons. The highest BCUT2D eigenvalue weighted by atomic mass is 35.5. The number of carbonyl (C=O) groups is 2. The minimum atomic E-state index is -0.625. The van der Waals surface area contributed by atoms with Crippen molar-refractivity contribution >= 4 is 46.1 Å². The van der Waals surface area contributed by atoms with E-state index in [9.17, 15) is 14.5 Å². The molecule has 1 saturated heterocycles. The van der Waals surface area contributed by atoms with E-state index in [1.807, 2.05) is 24.3 Å². The molecular formula is C18H19ClN4O4S. The Balaban J connectivity index is 1.48. The van der Waals surface area contributed by atoms with E-state index in [1.54, 1.807) is 17.0 Å². The molecule has 0 saturated carbocycles. The summed E-state index contributed by atoms with van der Waals surface area (Å²) in [6.07, 6.45) is 0. The van der Waals surface area contributed by atoms with Gasteiger partial charge in [-0.3, -0.25) is 9.59 Å². The second kappa shape index (κ2) is 9.63. The van der Waals surface area contributed by atoms with Crippen LogP contribution in [0.2, 0.25) is 4.34 Å². The Morgan fingerprint density at radius 3 is 2.68 bits per heavy atom. The van der Waals surface area contributed by atoms with Gasteiger partial charge in [-0.15, -0.1) is 11.3 Å². The minimum Gasteiger partial charge on any atom is -0.383 e. The standard InChI is InChI=1S/C18H19ClN4O4S/c19-16-6-5-15(28-16)18(25)21-10-13(22-26)9-20-12-1-3-14(4-2-12)23-7-8-27-11-17(23)24/h1-6,13,20H,7-11H2,(H,21,25). The Bertz CT molecular complexity index is 842. The van der Waals surface area contributed by atoms with Crippen LogP contribution < -0.4 is 15.5 Å². The third-order valence-electron chi connectivity index (χ3n) is 4.15. The molecule has 0 spiro atoms. The molecule has 1 unspecified atom stereocenters. The van der Waals surface area contributed by atoms with Crippen molar-refractivity contribution in [3.05, 3.63) is 50.5 Å². The van der Waals surface area contributed by atoms with Crippen LogP contribution in [-0.4, -0.2) is 50.7 Å². The number of hydrogen-bond acceptors (Lipinski definition) is 7. The van der Waals surface area contributed by atoms with Gasteiger partial charge in [0.15, 0.2) is 0 Å². The highest BCUT2D eigenvalue weighted by Gasteiger charge is 2.20. The van der Waals surface area contributed by atoms with Gasteiger partial charge in [0.1, 0.15) is 12.6 Å². The van der Waals surface area contributed by atoms with Gasteiger partial charge in [0.25, 0.3) is 11.8 Å². The molecule has 1 atom stereocenters. The molecule has 1 aromatic carbocycles. The first-order valence-corrected chi connectivity index (χ1v) is 9.84. The summed E-state index contributed by atoms with van der Waals surface area (Å²) in [5.74, 6) is -0.356. The maximum atomic E-state index is 12.0. The number of thiophene rings is 1. The predicted molar refractivity (Wildman–Crippen MR) is 109 cm³/mol. The van der Waals surface area contributed by atoms with E-state index >= 15 is 0 Å². The van der Waals surface area contributed by atoms with E-state index in [2.05, 4.69) is 15.8 Å². The normalized spacial score (nSPS) is 15.2. The fourth-order valence-electron chi connectivity index (χ4n) is 2.67. The van der Waals surface area contributed by atoms with Crippen molar-refractivity contribution in [2.45, 2.75) is 6.04 Å². The van der Waals surface area contributed by atoms with Gasteiger partial charge >= 0.3 is 0 Å². The summed E-state index contributed by atoms with van der Waals surface area (Å²) >= 11 is 6.98. The molecule has 0 bridgehead atoms. The molecule has 1 aliphatic heterocycles. The monoisotopic (exact) mass is 422 g/mol. The fraction of sp³-hybridized carbons (Fsp3) is 0.333. The SMILES string of the molecule is O=NC(CNC(=O)c1ccc(Cl)s1)CNc1ccc(N2CCOCC2=O)cc1. The van der Waals surface area contributed by atoms with Gasteiger partial charge in [-0.2, -0.15) is 4.91 Å². The molecule has 10 heteroatoms. The number of halogens is 1. The maximum Gasteiger partial charge on any atom is 0.261 e. The Morgan fingerprint density at radius 1 is 1.25 bits per heavy atom. The smallest absolute Gasteiger partial charge is 0.261 e. The van der Waals surface area contributed by atoms with Gasteiger partial charge in [0.2, 0.25) is 0 Å². The number of amides is 2. The molecule has 3 rings (SSSR count). The van der Waals surface area contributed by atoms with Crippen LogP contribution in [0.3, 0.4) is 0 Å². The third-order valence-corrected chi connectivity index (χ3v) is 5.38. The van der Waals surface area contributed by atoms with Crippen molar-refractivity contribution < 1.29 is 14.3 Å². The van der Waals surface area contributed by atoms with E-state index in [-0.39, 0.29) is 31.5 Å². The molecular weight excluding hydrogens is 404 g/mol. The Hall–Kier alpha value is -2.49. The molecule has 1 fully saturated rings. The van der Waals surface area contributed by atoms with Crippen molar-refractivity contribution in [3.63, 3.8) is 0 Å². The molecule has 1 aliphatic rings. The van der Waals surface area contributed by atoms with Crippen LogP contribution in [0.1, 0.15) is 9.67 Å². The molecule has 2 aromatic rings. The summed E-state index contributed by atoms with van der Waals surface area (Å²) in [5.41, 5.74) is 1.58. The van der Waals surface area contributed by atoms with Gasteiger partial charge in [0.05, 0.1) is 15.8 Å². The first-order chi connectivity index (χ1) is 13.6. The van der Waals surface area contributed by atoms with Crippen LogP contribution in [0.15, 0.2) is 41.6 Å². The molecule has 2 N–H and O–H groups in total. The van der Waals surface area contributed by atoms with Crippen LogP contribution in [0.5, 0.6) is 0 Å². The van der Waals surface area contributed by atoms with Crippen LogP contribution >= 0.6 is 22.9 Å². The number of anilines is 2. The van der Waals surface area contributed by atoms with E-state index in [1.165, 1.54) is 11.3 Å². The molecule has 0 aliphatic carbocycles. The summed E-state index contributed by atoms with van der Waals surface area (Å²) in [6.45, 7) is 1.52.